The number of guanidine groups is 1. The number of carbonyl (C=O) groups excluding carboxylic acids is 1. The van der Waals surface area contributed by atoms with Crippen molar-refractivity contribution < 1.29 is 9.53 Å². The molecule has 0 radical (unpaired) electrons. The van der Waals surface area contributed by atoms with Gasteiger partial charge >= 0.3 is 0 Å². The molecule has 3 aliphatic rings. The van der Waals surface area contributed by atoms with Gasteiger partial charge in [-0.05, 0) is 49.3 Å². The fourth-order valence-corrected chi connectivity index (χ4v) is 5.53. The molecule has 3 atom stereocenters. The molecule has 0 bridgehead atoms. The highest BCUT2D eigenvalue weighted by atomic mass is 79.9. The van der Waals surface area contributed by atoms with E-state index in [1.165, 1.54) is 11.3 Å². The van der Waals surface area contributed by atoms with E-state index in [1.807, 2.05) is 18.2 Å². The van der Waals surface area contributed by atoms with Crippen LogP contribution in [0.3, 0.4) is 0 Å². The first-order valence-electron chi connectivity index (χ1n) is 8.87. The molecule has 134 valence electrons. The lowest BCUT2D eigenvalue weighted by Gasteiger charge is -2.49. The van der Waals surface area contributed by atoms with E-state index in [9.17, 15) is 4.79 Å². The summed E-state index contributed by atoms with van der Waals surface area (Å²) in [5.74, 6) is 2.11. The zero-order valence-electron chi connectivity index (χ0n) is 14.9. The summed E-state index contributed by atoms with van der Waals surface area (Å²) < 4.78 is 7.47. The SMILES string of the molecule is CC1CC(C)CC2(C1)CC1(N=C(N)N(C)C1=O)c1cc(Br)ccc1O2. The molecule has 0 aromatic heterocycles. The van der Waals surface area contributed by atoms with Gasteiger partial charge in [-0.15, -0.1) is 0 Å². The first-order valence-corrected chi connectivity index (χ1v) is 9.66. The fraction of sp³-hybridized carbons (Fsp3) is 0.579. The average Bonchev–Trinajstić information content (AvgIpc) is 2.72. The van der Waals surface area contributed by atoms with Crippen LogP contribution in [0.4, 0.5) is 0 Å². The van der Waals surface area contributed by atoms with E-state index in [0.29, 0.717) is 18.3 Å². The highest BCUT2D eigenvalue weighted by molar-refractivity contribution is 9.10. The van der Waals surface area contributed by atoms with Crippen LogP contribution in [0.5, 0.6) is 5.75 Å². The minimum atomic E-state index is -0.965. The molecular formula is C19H24BrN3O2. The Balaban J connectivity index is 1.89. The van der Waals surface area contributed by atoms with Crippen LogP contribution >= 0.6 is 15.9 Å². The van der Waals surface area contributed by atoms with Crippen molar-refractivity contribution in [2.24, 2.45) is 22.6 Å². The largest absolute Gasteiger partial charge is 0.487 e. The van der Waals surface area contributed by atoms with Gasteiger partial charge in [0.25, 0.3) is 5.91 Å². The highest BCUT2D eigenvalue weighted by Gasteiger charge is 2.59. The zero-order valence-corrected chi connectivity index (χ0v) is 16.5. The van der Waals surface area contributed by atoms with E-state index in [2.05, 4.69) is 29.8 Å². The first kappa shape index (κ1) is 16.9. The topological polar surface area (TPSA) is 67.9 Å². The van der Waals surface area contributed by atoms with Crippen LogP contribution in [-0.2, 0) is 10.3 Å². The minimum absolute atomic E-state index is 0.0575. The van der Waals surface area contributed by atoms with E-state index >= 15 is 0 Å². The Bertz CT molecular complexity index is 768. The lowest BCUT2D eigenvalue weighted by Crippen LogP contribution is -2.54. The molecule has 5 nitrogen and oxygen atoms in total. The summed E-state index contributed by atoms with van der Waals surface area (Å²) in [4.78, 5) is 19.4. The number of nitrogens with two attached hydrogens (primary N) is 1. The fourth-order valence-electron chi connectivity index (χ4n) is 5.17. The molecule has 2 heterocycles. The number of fused-ring (bicyclic) bond motifs is 2. The van der Waals surface area contributed by atoms with Gasteiger partial charge in [-0.2, -0.15) is 0 Å². The molecule has 25 heavy (non-hydrogen) atoms. The summed E-state index contributed by atoms with van der Waals surface area (Å²) in [6.07, 6.45) is 3.65. The Morgan fingerprint density at radius 3 is 2.60 bits per heavy atom. The third-order valence-corrected chi connectivity index (χ3v) is 6.34. The van der Waals surface area contributed by atoms with E-state index < -0.39 is 5.54 Å². The van der Waals surface area contributed by atoms with Crippen molar-refractivity contribution >= 4 is 27.8 Å². The number of hydrogen-bond acceptors (Lipinski definition) is 4. The van der Waals surface area contributed by atoms with Crippen LogP contribution in [-0.4, -0.2) is 29.4 Å². The molecule has 2 aliphatic heterocycles. The first-order chi connectivity index (χ1) is 11.7. The second-order valence-corrected chi connectivity index (χ2v) is 9.07. The van der Waals surface area contributed by atoms with Crippen molar-refractivity contribution in [1.29, 1.82) is 0 Å². The van der Waals surface area contributed by atoms with Crippen LogP contribution in [0, 0.1) is 11.8 Å². The molecular weight excluding hydrogens is 382 g/mol. The molecule has 1 aromatic rings. The van der Waals surface area contributed by atoms with Crippen molar-refractivity contribution in [2.75, 3.05) is 7.05 Å². The number of likely N-dealkylation sites (N-methyl/N-ethyl adjacent to an activating group) is 1. The maximum Gasteiger partial charge on any atom is 0.261 e. The number of aliphatic imine (C=N–C) groups is 1. The maximum absolute atomic E-state index is 13.2. The molecule has 0 saturated heterocycles. The summed E-state index contributed by atoms with van der Waals surface area (Å²) in [7, 11) is 1.70. The van der Waals surface area contributed by atoms with Crippen LogP contribution in [0.2, 0.25) is 0 Å². The average molecular weight is 406 g/mol. The summed E-state index contributed by atoms with van der Waals surface area (Å²) in [5, 5.41) is 0. The molecule has 4 rings (SSSR count). The molecule has 2 spiro atoms. The van der Waals surface area contributed by atoms with Gasteiger partial charge in [0.2, 0.25) is 0 Å². The van der Waals surface area contributed by atoms with Crippen molar-refractivity contribution in [3.8, 4) is 5.75 Å². The van der Waals surface area contributed by atoms with E-state index in [4.69, 9.17) is 15.5 Å². The Kier molecular flexibility index (Phi) is 3.69. The van der Waals surface area contributed by atoms with Gasteiger partial charge in [0.05, 0.1) is 0 Å². The summed E-state index contributed by atoms with van der Waals surface area (Å²) in [5.41, 5.74) is 5.54. The normalized spacial score (nSPS) is 37.2. The molecule has 1 fully saturated rings. The lowest BCUT2D eigenvalue weighted by molar-refractivity contribution is -0.136. The highest BCUT2D eigenvalue weighted by Crippen LogP contribution is 2.54. The summed E-state index contributed by atoms with van der Waals surface area (Å²) in [6.45, 7) is 4.54. The Morgan fingerprint density at radius 1 is 1.32 bits per heavy atom. The van der Waals surface area contributed by atoms with E-state index in [0.717, 1.165) is 28.6 Å². The smallest absolute Gasteiger partial charge is 0.261 e. The third kappa shape index (κ3) is 2.48. The van der Waals surface area contributed by atoms with Crippen LogP contribution in [0.25, 0.3) is 0 Å². The maximum atomic E-state index is 13.2. The summed E-state index contributed by atoms with van der Waals surface area (Å²) >= 11 is 3.52. The Hall–Kier alpha value is -1.56. The number of carbonyl (C=O) groups is 1. The number of amides is 1. The number of halogens is 1. The number of nitrogens with zero attached hydrogens (tertiary/aromatic N) is 2. The zero-order chi connectivity index (χ0) is 18.0. The van der Waals surface area contributed by atoms with Gasteiger partial charge in [-0.25, -0.2) is 4.99 Å². The number of benzene rings is 1. The van der Waals surface area contributed by atoms with E-state index in [-0.39, 0.29) is 17.5 Å². The third-order valence-electron chi connectivity index (χ3n) is 5.84. The molecule has 6 heteroatoms. The van der Waals surface area contributed by atoms with Crippen molar-refractivity contribution in [3.63, 3.8) is 0 Å². The number of rotatable bonds is 0. The van der Waals surface area contributed by atoms with Crippen molar-refractivity contribution in [3.05, 3.63) is 28.2 Å². The quantitative estimate of drug-likeness (QED) is 0.718. The Labute approximate surface area is 156 Å². The van der Waals surface area contributed by atoms with E-state index in [1.54, 1.807) is 7.05 Å². The molecule has 1 amide bonds. The van der Waals surface area contributed by atoms with Crippen LogP contribution in [0.15, 0.2) is 27.7 Å². The van der Waals surface area contributed by atoms with Gasteiger partial charge < -0.3 is 10.5 Å². The Morgan fingerprint density at radius 2 is 2.00 bits per heavy atom. The van der Waals surface area contributed by atoms with Gasteiger partial charge in [-0.3, -0.25) is 9.69 Å². The van der Waals surface area contributed by atoms with Crippen molar-refractivity contribution in [1.82, 2.24) is 4.90 Å². The number of hydrogen-bond donors (Lipinski definition) is 1. The number of ether oxygens (including phenoxy) is 1. The minimum Gasteiger partial charge on any atom is -0.487 e. The van der Waals surface area contributed by atoms with Gasteiger partial charge in [0.1, 0.15) is 11.4 Å². The predicted octanol–water partition coefficient (Wildman–Crippen LogP) is 3.41. The summed E-state index contributed by atoms with van der Waals surface area (Å²) in [6, 6.07) is 5.85. The molecule has 2 N–H and O–H groups in total. The molecule has 1 aromatic carbocycles. The van der Waals surface area contributed by atoms with Crippen LogP contribution in [0.1, 0.15) is 45.1 Å². The van der Waals surface area contributed by atoms with Gasteiger partial charge in [0.15, 0.2) is 11.5 Å². The molecule has 1 aliphatic carbocycles. The van der Waals surface area contributed by atoms with Crippen LogP contribution < -0.4 is 10.5 Å². The predicted molar refractivity (Wildman–Crippen MR) is 100 cm³/mol. The van der Waals surface area contributed by atoms with Gasteiger partial charge in [-0.1, -0.05) is 29.8 Å². The van der Waals surface area contributed by atoms with Crippen molar-refractivity contribution in [2.45, 2.75) is 50.7 Å². The monoisotopic (exact) mass is 405 g/mol. The molecule has 1 saturated carbocycles. The lowest BCUT2D eigenvalue weighted by atomic mass is 9.66. The second kappa shape index (κ2) is 5.47. The molecule has 3 unspecified atom stereocenters. The van der Waals surface area contributed by atoms with Gasteiger partial charge in [0, 0.05) is 23.5 Å². The second-order valence-electron chi connectivity index (χ2n) is 8.15. The standard InChI is InChI=1S/C19H24BrN3O2/c1-11-6-12(2)9-18(8-11)10-19(16(24)23(3)17(21)22-19)14-7-13(20)4-5-15(14)25-18/h4-5,7,11-12H,6,8-10H2,1-3H3,(H2,21,22).